The molecular formula is C22H21ClFN3O3. The Morgan fingerprint density at radius 3 is 3.00 bits per heavy atom. The molecule has 0 aliphatic heterocycles. The molecule has 0 spiro atoms. The van der Waals surface area contributed by atoms with Gasteiger partial charge in [0, 0.05) is 41.7 Å². The van der Waals surface area contributed by atoms with Crippen molar-refractivity contribution in [3.8, 4) is 0 Å². The van der Waals surface area contributed by atoms with Gasteiger partial charge >= 0.3 is 0 Å². The van der Waals surface area contributed by atoms with Gasteiger partial charge in [0.25, 0.3) is 5.91 Å². The molecule has 0 bridgehead atoms. The number of carbonyl (C=O) groups excluding carboxylic acids is 1. The van der Waals surface area contributed by atoms with Crippen LogP contribution >= 0.6 is 11.6 Å². The highest BCUT2D eigenvalue weighted by Crippen LogP contribution is 2.36. The molecule has 2 unspecified atom stereocenters. The van der Waals surface area contributed by atoms with Crippen LogP contribution in [0.15, 0.2) is 58.8 Å². The zero-order valence-corrected chi connectivity index (χ0v) is 17.1. The minimum absolute atomic E-state index is 0.0170. The maximum absolute atomic E-state index is 15.6. The zero-order chi connectivity index (χ0) is 21.3. The van der Waals surface area contributed by atoms with E-state index in [1.165, 1.54) is 13.2 Å². The molecule has 0 saturated carbocycles. The molecule has 2 aromatic heterocycles. The number of nitrogens with zero attached hydrogens (tertiary/aromatic N) is 1. The first-order valence-electron chi connectivity index (χ1n) is 9.50. The number of aryl methyl sites for hydroxylation is 1. The van der Waals surface area contributed by atoms with Gasteiger partial charge in [-0.3, -0.25) is 4.79 Å². The van der Waals surface area contributed by atoms with Crippen molar-refractivity contribution in [2.75, 3.05) is 7.11 Å². The van der Waals surface area contributed by atoms with Gasteiger partial charge < -0.3 is 20.0 Å². The highest BCUT2D eigenvalue weighted by molar-refractivity contribution is 6.31. The summed E-state index contributed by atoms with van der Waals surface area (Å²) in [6.45, 7) is 0. The number of halogens is 2. The fourth-order valence-corrected chi connectivity index (χ4v) is 4.02. The lowest BCUT2D eigenvalue weighted by Gasteiger charge is -2.36. The molecule has 0 saturated heterocycles. The van der Waals surface area contributed by atoms with Crippen LogP contribution in [0.5, 0.6) is 0 Å². The van der Waals surface area contributed by atoms with E-state index in [2.05, 4.69) is 10.1 Å². The summed E-state index contributed by atoms with van der Waals surface area (Å²) in [5, 5.41) is 5.27. The largest absolute Gasteiger partial charge is 0.371 e. The van der Waals surface area contributed by atoms with Gasteiger partial charge in [0.15, 0.2) is 11.9 Å². The second-order valence-electron chi connectivity index (χ2n) is 7.35. The van der Waals surface area contributed by atoms with E-state index in [0.29, 0.717) is 29.2 Å². The average Bonchev–Trinajstić information content (AvgIpc) is 3.36. The van der Waals surface area contributed by atoms with Crippen molar-refractivity contribution < 1.29 is 18.4 Å². The number of aromatic amines is 1. The maximum Gasteiger partial charge on any atom is 0.270 e. The number of aromatic nitrogens is 2. The summed E-state index contributed by atoms with van der Waals surface area (Å²) >= 11 is 6.13. The molecule has 2 atom stereocenters. The van der Waals surface area contributed by atoms with E-state index >= 15 is 4.39 Å². The fourth-order valence-electron chi connectivity index (χ4n) is 3.85. The molecule has 1 amide bonds. The summed E-state index contributed by atoms with van der Waals surface area (Å²) in [6.07, 6.45) is 6.95. The summed E-state index contributed by atoms with van der Waals surface area (Å²) in [7, 11) is 1.51. The van der Waals surface area contributed by atoms with Crippen LogP contribution in [0.3, 0.4) is 0 Å². The molecule has 3 aromatic rings. The quantitative estimate of drug-likeness (QED) is 0.585. The van der Waals surface area contributed by atoms with Gasteiger partial charge in [-0.2, -0.15) is 0 Å². The third-order valence-electron chi connectivity index (χ3n) is 5.53. The number of fused-ring (bicyclic) bond motifs is 1. The average molecular weight is 430 g/mol. The minimum atomic E-state index is -1.39. The van der Waals surface area contributed by atoms with Gasteiger partial charge in [0.05, 0.1) is 0 Å². The lowest BCUT2D eigenvalue weighted by Crippen LogP contribution is -2.43. The standard InChI is InChI=1S/C22H21ClFN3O3/c1-29-22(8-6-14-12-26-18-5-4-15(23)10-17(14)18)7-2-3-13(20(22)24)9-16-11-19(21(25)28)27-30-16/h2-5,7,10-12,20,26H,6,8-9H2,1H3,(H2,25,28). The molecule has 1 aromatic carbocycles. The van der Waals surface area contributed by atoms with Crippen LogP contribution in [0.2, 0.25) is 5.02 Å². The first-order chi connectivity index (χ1) is 14.4. The molecule has 156 valence electrons. The van der Waals surface area contributed by atoms with E-state index in [4.69, 9.17) is 26.6 Å². The van der Waals surface area contributed by atoms with Crippen molar-refractivity contribution in [3.05, 3.63) is 76.3 Å². The van der Waals surface area contributed by atoms with Crippen LogP contribution in [-0.2, 0) is 17.6 Å². The normalized spacial score (nSPS) is 21.2. The van der Waals surface area contributed by atoms with E-state index in [1.54, 1.807) is 18.2 Å². The van der Waals surface area contributed by atoms with Gasteiger partial charge in [-0.1, -0.05) is 28.9 Å². The Morgan fingerprint density at radius 2 is 2.27 bits per heavy atom. The highest BCUT2D eigenvalue weighted by Gasteiger charge is 2.41. The van der Waals surface area contributed by atoms with Crippen LogP contribution in [0, 0.1) is 0 Å². The summed E-state index contributed by atoms with van der Waals surface area (Å²) in [6, 6.07) is 7.08. The predicted molar refractivity (Wildman–Crippen MR) is 112 cm³/mol. The summed E-state index contributed by atoms with van der Waals surface area (Å²) in [5.41, 5.74) is 6.60. The third kappa shape index (κ3) is 3.78. The van der Waals surface area contributed by atoms with Crippen molar-refractivity contribution in [2.45, 2.75) is 31.0 Å². The predicted octanol–water partition coefficient (Wildman–Crippen LogP) is 4.30. The summed E-state index contributed by atoms with van der Waals surface area (Å²) in [4.78, 5) is 14.4. The maximum atomic E-state index is 15.6. The van der Waals surface area contributed by atoms with Gasteiger partial charge in [-0.05, 0) is 48.3 Å². The Bertz CT molecular complexity index is 1150. The molecule has 8 heteroatoms. The van der Waals surface area contributed by atoms with Crippen LogP contribution < -0.4 is 5.73 Å². The third-order valence-corrected chi connectivity index (χ3v) is 5.76. The first kappa shape index (κ1) is 20.4. The van der Waals surface area contributed by atoms with Crippen molar-refractivity contribution in [1.82, 2.24) is 10.1 Å². The number of methoxy groups -OCH3 is 1. The van der Waals surface area contributed by atoms with E-state index in [9.17, 15) is 4.79 Å². The number of nitrogens with one attached hydrogen (secondary N) is 1. The lowest BCUT2D eigenvalue weighted by atomic mass is 9.81. The number of H-pyrrole nitrogens is 1. The van der Waals surface area contributed by atoms with E-state index in [0.717, 1.165) is 16.5 Å². The zero-order valence-electron chi connectivity index (χ0n) is 16.3. The Hall–Kier alpha value is -2.90. The SMILES string of the molecule is COC1(CCc2c[nH]c3ccc(Cl)cc23)C=CC=C(Cc2cc(C(N)=O)no2)C1F. The number of hydrogen-bond acceptors (Lipinski definition) is 4. The Kier molecular flexibility index (Phi) is 5.49. The van der Waals surface area contributed by atoms with Crippen molar-refractivity contribution in [1.29, 1.82) is 0 Å². The van der Waals surface area contributed by atoms with Crippen LogP contribution in [0.25, 0.3) is 10.9 Å². The molecule has 0 fully saturated rings. The molecule has 6 nitrogen and oxygen atoms in total. The second kappa shape index (κ2) is 8.08. The molecular weight excluding hydrogens is 409 g/mol. The van der Waals surface area contributed by atoms with Gasteiger partial charge in [-0.25, -0.2) is 4.39 Å². The number of amides is 1. The lowest BCUT2D eigenvalue weighted by molar-refractivity contribution is -0.0275. The van der Waals surface area contributed by atoms with E-state index in [-0.39, 0.29) is 12.1 Å². The number of rotatable bonds is 7. The smallest absolute Gasteiger partial charge is 0.270 e. The first-order valence-corrected chi connectivity index (χ1v) is 9.88. The minimum Gasteiger partial charge on any atom is -0.371 e. The molecule has 0 radical (unpaired) electrons. The van der Waals surface area contributed by atoms with Crippen molar-refractivity contribution in [2.24, 2.45) is 5.73 Å². The Morgan fingerprint density at radius 1 is 1.43 bits per heavy atom. The number of alkyl halides is 1. The molecule has 30 heavy (non-hydrogen) atoms. The molecule has 1 aliphatic carbocycles. The van der Waals surface area contributed by atoms with Crippen LogP contribution in [-0.4, -0.2) is 34.9 Å². The number of carbonyl (C=O) groups is 1. The number of hydrogen-bond donors (Lipinski definition) is 2. The van der Waals surface area contributed by atoms with E-state index < -0.39 is 17.7 Å². The monoisotopic (exact) mass is 429 g/mol. The van der Waals surface area contributed by atoms with Gasteiger partial charge in [-0.15, -0.1) is 0 Å². The number of ether oxygens (including phenoxy) is 1. The van der Waals surface area contributed by atoms with Gasteiger partial charge in [0.1, 0.15) is 11.4 Å². The topological polar surface area (TPSA) is 94.1 Å². The number of allylic oxidation sites excluding steroid dienone is 2. The molecule has 1 aliphatic rings. The van der Waals surface area contributed by atoms with Gasteiger partial charge in [0.2, 0.25) is 0 Å². The highest BCUT2D eigenvalue weighted by atomic mass is 35.5. The molecule has 2 heterocycles. The van der Waals surface area contributed by atoms with Crippen LogP contribution in [0.1, 0.15) is 28.2 Å². The molecule has 3 N–H and O–H groups in total. The molecule has 4 rings (SSSR count). The second-order valence-corrected chi connectivity index (χ2v) is 7.78. The Balaban J connectivity index is 1.52. The van der Waals surface area contributed by atoms with Crippen molar-refractivity contribution >= 4 is 28.4 Å². The summed E-state index contributed by atoms with van der Waals surface area (Å²) in [5.74, 6) is -0.325. The fraction of sp³-hybridized carbons (Fsp3) is 0.273. The Labute approximate surface area is 177 Å². The van der Waals surface area contributed by atoms with E-state index in [1.807, 2.05) is 24.4 Å². The number of primary amides is 1. The van der Waals surface area contributed by atoms with Crippen molar-refractivity contribution in [3.63, 3.8) is 0 Å². The number of nitrogens with two attached hydrogens (primary N) is 1. The summed E-state index contributed by atoms with van der Waals surface area (Å²) < 4.78 is 26.4. The number of benzene rings is 1. The van der Waals surface area contributed by atoms with Crippen LogP contribution in [0.4, 0.5) is 4.39 Å².